The first-order valence-electron chi connectivity index (χ1n) is 6.49. The van der Waals surface area contributed by atoms with Gasteiger partial charge in [0.15, 0.2) is 5.65 Å². The Bertz CT molecular complexity index is 610. The fourth-order valence-corrected chi connectivity index (χ4v) is 2.42. The molecule has 19 heavy (non-hydrogen) atoms. The van der Waals surface area contributed by atoms with Crippen LogP contribution in [0.4, 0.5) is 0 Å². The molecule has 2 aromatic rings. The summed E-state index contributed by atoms with van der Waals surface area (Å²) in [6.07, 6.45) is 4.13. The monoisotopic (exact) mass is 320 g/mol. The van der Waals surface area contributed by atoms with Gasteiger partial charge in [0.2, 0.25) is 0 Å². The maximum absolute atomic E-state index is 8.66. The van der Waals surface area contributed by atoms with E-state index in [0.29, 0.717) is 12.3 Å². The number of aryl methyl sites for hydroxylation is 1. The van der Waals surface area contributed by atoms with Gasteiger partial charge in [0.25, 0.3) is 0 Å². The summed E-state index contributed by atoms with van der Waals surface area (Å²) in [4.78, 5) is 9.14. The molecule has 2 rings (SSSR count). The van der Waals surface area contributed by atoms with E-state index in [1.54, 1.807) is 6.20 Å². The number of nitriles is 1. The van der Waals surface area contributed by atoms with Crippen molar-refractivity contribution in [1.29, 1.82) is 5.26 Å². The molecule has 0 saturated carbocycles. The van der Waals surface area contributed by atoms with E-state index < -0.39 is 0 Å². The van der Waals surface area contributed by atoms with Crippen LogP contribution in [-0.4, -0.2) is 14.5 Å². The molecule has 0 aliphatic heterocycles. The van der Waals surface area contributed by atoms with E-state index in [0.717, 1.165) is 40.8 Å². The van der Waals surface area contributed by atoms with Gasteiger partial charge < -0.3 is 4.57 Å². The van der Waals surface area contributed by atoms with Gasteiger partial charge in [-0.15, -0.1) is 0 Å². The van der Waals surface area contributed by atoms with E-state index in [4.69, 9.17) is 5.26 Å². The van der Waals surface area contributed by atoms with Gasteiger partial charge in [-0.25, -0.2) is 9.97 Å². The van der Waals surface area contributed by atoms with Gasteiger partial charge in [-0.05, 0) is 34.3 Å². The molecule has 0 fully saturated rings. The zero-order chi connectivity index (χ0) is 13.8. The molecule has 0 N–H and O–H groups in total. The minimum absolute atomic E-state index is 0.551. The van der Waals surface area contributed by atoms with Gasteiger partial charge in [-0.2, -0.15) is 5.26 Å². The number of imidazole rings is 1. The molecule has 0 amide bonds. The van der Waals surface area contributed by atoms with Gasteiger partial charge in [-0.1, -0.05) is 13.8 Å². The van der Waals surface area contributed by atoms with E-state index in [1.807, 2.05) is 6.07 Å². The molecule has 0 saturated heterocycles. The molecule has 0 aliphatic rings. The van der Waals surface area contributed by atoms with Crippen molar-refractivity contribution in [3.05, 3.63) is 22.6 Å². The standard InChI is InChI=1S/C14H17BrN4/c1-10(2)7-13-18-12-8-11(15)9-17-14(12)19(13)6-4-3-5-16/h8-10H,3-4,6-7H2,1-2H3. The minimum Gasteiger partial charge on any atom is -0.313 e. The van der Waals surface area contributed by atoms with Crippen LogP contribution in [0.3, 0.4) is 0 Å². The molecule has 0 aromatic carbocycles. The lowest BCUT2D eigenvalue weighted by Crippen LogP contribution is -2.07. The van der Waals surface area contributed by atoms with Gasteiger partial charge in [0, 0.05) is 30.1 Å². The number of halogens is 1. The second-order valence-corrected chi connectivity index (χ2v) is 5.95. The second kappa shape index (κ2) is 6.16. The Morgan fingerprint density at radius 2 is 2.26 bits per heavy atom. The molecule has 5 heteroatoms. The molecule has 0 radical (unpaired) electrons. The van der Waals surface area contributed by atoms with Crippen LogP contribution < -0.4 is 0 Å². The van der Waals surface area contributed by atoms with E-state index in [1.165, 1.54) is 0 Å². The number of aromatic nitrogens is 3. The Morgan fingerprint density at radius 3 is 2.95 bits per heavy atom. The first-order chi connectivity index (χ1) is 9.11. The van der Waals surface area contributed by atoms with Gasteiger partial charge >= 0.3 is 0 Å². The lowest BCUT2D eigenvalue weighted by atomic mass is 10.1. The molecule has 4 nitrogen and oxygen atoms in total. The summed E-state index contributed by atoms with van der Waals surface area (Å²) in [6.45, 7) is 5.17. The van der Waals surface area contributed by atoms with Crippen LogP contribution >= 0.6 is 15.9 Å². The SMILES string of the molecule is CC(C)Cc1nc2cc(Br)cnc2n1CCCC#N. The number of rotatable bonds is 5. The summed E-state index contributed by atoms with van der Waals surface area (Å²) in [7, 11) is 0. The summed E-state index contributed by atoms with van der Waals surface area (Å²) in [5.74, 6) is 1.61. The molecule has 0 atom stereocenters. The predicted octanol–water partition coefficient (Wildman–Crippen LogP) is 3.70. The van der Waals surface area contributed by atoms with Crippen molar-refractivity contribution in [2.45, 2.75) is 39.7 Å². The van der Waals surface area contributed by atoms with E-state index in [2.05, 4.69) is 50.4 Å². The Hall–Kier alpha value is -1.41. The highest BCUT2D eigenvalue weighted by Gasteiger charge is 2.13. The van der Waals surface area contributed by atoms with Crippen molar-refractivity contribution in [2.75, 3.05) is 0 Å². The fourth-order valence-electron chi connectivity index (χ4n) is 2.11. The van der Waals surface area contributed by atoms with Crippen LogP contribution in [0.15, 0.2) is 16.7 Å². The molecule has 2 aromatic heterocycles. The Morgan fingerprint density at radius 1 is 1.47 bits per heavy atom. The fraction of sp³-hybridized carbons (Fsp3) is 0.500. The topological polar surface area (TPSA) is 54.5 Å². The summed E-state index contributed by atoms with van der Waals surface area (Å²) in [6, 6.07) is 4.18. The normalized spacial score (nSPS) is 11.1. The van der Waals surface area contributed by atoms with Crippen LogP contribution in [0.5, 0.6) is 0 Å². The summed E-state index contributed by atoms with van der Waals surface area (Å²) in [5, 5.41) is 8.66. The number of unbranched alkanes of at least 4 members (excludes halogenated alkanes) is 1. The lowest BCUT2D eigenvalue weighted by Gasteiger charge is -2.09. The van der Waals surface area contributed by atoms with Crippen molar-refractivity contribution >= 4 is 27.1 Å². The average molecular weight is 321 g/mol. The van der Waals surface area contributed by atoms with E-state index in [9.17, 15) is 0 Å². The zero-order valence-electron chi connectivity index (χ0n) is 11.2. The van der Waals surface area contributed by atoms with E-state index >= 15 is 0 Å². The number of hydrogen-bond acceptors (Lipinski definition) is 3. The van der Waals surface area contributed by atoms with Crippen molar-refractivity contribution in [3.8, 4) is 6.07 Å². The third kappa shape index (κ3) is 3.32. The third-order valence-electron chi connectivity index (χ3n) is 2.89. The van der Waals surface area contributed by atoms with Gasteiger partial charge in [0.05, 0.1) is 6.07 Å². The number of pyridine rings is 1. The minimum atomic E-state index is 0.551. The molecule has 0 unspecified atom stereocenters. The highest BCUT2D eigenvalue weighted by molar-refractivity contribution is 9.10. The highest BCUT2D eigenvalue weighted by Crippen LogP contribution is 2.20. The average Bonchev–Trinajstić information content (AvgIpc) is 2.66. The van der Waals surface area contributed by atoms with Crippen LogP contribution in [-0.2, 0) is 13.0 Å². The molecule has 0 bridgehead atoms. The summed E-state index contributed by atoms with van der Waals surface area (Å²) in [5.41, 5.74) is 1.83. The maximum Gasteiger partial charge on any atom is 0.160 e. The lowest BCUT2D eigenvalue weighted by molar-refractivity contribution is 0.566. The van der Waals surface area contributed by atoms with Crippen LogP contribution in [0.1, 0.15) is 32.5 Å². The third-order valence-corrected chi connectivity index (χ3v) is 3.33. The molecule has 0 spiro atoms. The predicted molar refractivity (Wildman–Crippen MR) is 78.6 cm³/mol. The van der Waals surface area contributed by atoms with Crippen molar-refractivity contribution < 1.29 is 0 Å². The van der Waals surface area contributed by atoms with Crippen molar-refractivity contribution in [2.24, 2.45) is 5.92 Å². The Labute approximate surface area is 121 Å². The Balaban J connectivity index is 2.40. The summed E-state index contributed by atoms with van der Waals surface area (Å²) < 4.78 is 3.09. The smallest absolute Gasteiger partial charge is 0.160 e. The molecule has 0 aliphatic carbocycles. The molecule has 2 heterocycles. The molecule has 100 valence electrons. The number of hydrogen-bond donors (Lipinski definition) is 0. The quantitative estimate of drug-likeness (QED) is 0.789. The van der Waals surface area contributed by atoms with Crippen molar-refractivity contribution in [1.82, 2.24) is 14.5 Å². The van der Waals surface area contributed by atoms with Gasteiger partial charge in [-0.3, -0.25) is 0 Å². The first-order valence-corrected chi connectivity index (χ1v) is 7.28. The summed E-state index contributed by atoms with van der Waals surface area (Å²) >= 11 is 3.43. The molecular formula is C14H17BrN4. The maximum atomic E-state index is 8.66. The van der Waals surface area contributed by atoms with Crippen LogP contribution in [0.2, 0.25) is 0 Å². The molecular weight excluding hydrogens is 304 g/mol. The van der Waals surface area contributed by atoms with E-state index in [-0.39, 0.29) is 0 Å². The van der Waals surface area contributed by atoms with Gasteiger partial charge in [0.1, 0.15) is 11.3 Å². The van der Waals surface area contributed by atoms with Crippen LogP contribution in [0.25, 0.3) is 11.2 Å². The zero-order valence-corrected chi connectivity index (χ0v) is 12.8. The highest BCUT2D eigenvalue weighted by atomic mass is 79.9. The Kier molecular flexibility index (Phi) is 4.54. The first kappa shape index (κ1) is 14.0. The largest absolute Gasteiger partial charge is 0.313 e. The second-order valence-electron chi connectivity index (χ2n) is 5.04. The van der Waals surface area contributed by atoms with Crippen molar-refractivity contribution in [3.63, 3.8) is 0 Å². The van der Waals surface area contributed by atoms with Crippen LogP contribution in [0, 0.1) is 17.2 Å². The number of nitrogens with zero attached hydrogens (tertiary/aromatic N) is 4. The number of fused-ring (bicyclic) bond motifs is 1.